The zero-order valence-electron chi connectivity index (χ0n) is 22.2. The Morgan fingerprint density at radius 1 is 0.974 bits per heavy atom. The Bertz CT molecular complexity index is 1460. The molecular weight excluding hydrogens is 490 g/mol. The van der Waals surface area contributed by atoms with Gasteiger partial charge in [-0.25, -0.2) is 0 Å². The van der Waals surface area contributed by atoms with Crippen molar-refractivity contribution >= 4 is 28.9 Å². The Morgan fingerprint density at radius 3 is 2.47 bits per heavy atom. The Labute approximate surface area is 229 Å². The van der Waals surface area contributed by atoms with Crippen LogP contribution >= 0.6 is 12.2 Å². The number of rotatable bonds is 7. The van der Waals surface area contributed by atoms with Crippen LogP contribution in [0.5, 0.6) is 0 Å². The van der Waals surface area contributed by atoms with Gasteiger partial charge in [0.2, 0.25) is 5.91 Å². The van der Waals surface area contributed by atoms with Crippen LogP contribution in [0, 0.1) is 27.7 Å². The summed E-state index contributed by atoms with van der Waals surface area (Å²) in [7, 11) is 0. The van der Waals surface area contributed by atoms with Gasteiger partial charge in [-0.15, -0.1) is 0 Å². The van der Waals surface area contributed by atoms with Crippen molar-refractivity contribution in [2.75, 3.05) is 11.9 Å². The third-order valence-corrected chi connectivity index (χ3v) is 7.51. The number of aryl methyl sites for hydroxylation is 3. The van der Waals surface area contributed by atoms with Crippen molar-refractivity contribution in [3.63, 3.8) is 0 Å². The molecule has 2 N–H and O–H groups in total. The first-order chi connectivity index (χ1) is 18.3. The fraction of sp³-hybridized carbons (Fsp3) is 0.258. The maximum Gasteiger partial charge on any atom is 0.226 e. The summed E-state index contributed by atoms with van der Waals surface area (Å²) in [6, 6.07) is 24.3. The first-order valence-electron chi connectivity index (χ1n) is 12.9. The Balaban J connectivity index is 1.46. The van der Waals surface area contributed by atoms with Crippen LogP contribution in [0.25, 0.3) is 5.69 Å². The highest BCUT2D eigenvalue weighted by molar-refractivity contribution is 7.80. The number of carbonyl (C=O) groups is 1. The largest absolute Gasteiger partial charge is 0.352 e. The van der Waals surface area contributed by atoms with Gasteiger partial charge in [0.15, 0.2) is 5.11 Å². The van der Waals surface area contributed by atoms with E-state index >= 15 is 0 Å². The van der Waals surface area contributed by atoms with E-state index in [9.17, 15) is 4.79 Å². The predicted molar refractivity (Wildman–Crippen MR) is 157 cm³/mol. The van der Waals surface area contributed by atoms with Crippen molar-refractivity contribution in [3.8, 4) is 5.69 Å². The fourth-order valence-electron chi connectivity index (χ4n) is 5.32. The zero-order valence-corrected chi connectivity index (χ0v) is 23.0. The predicted octanol–water partition coefficient (Wildman–Crippen LogP) is 6.11. The van der Waals surface area contributed by atoms with Crippen molar-refractivity contribution in [1.29, 1.82) is 0 Å². The van der Waals surface area contributed by atoms with Crippen LogP contribution in [0.4, 0.5) is 5.69 Å². The van der Waals surface area contributed by atoms with Crippen molar-refractivity contribution in [2.24, 2.45) is 0 Å². The molecule has 7 heteroatoms. The second kappa shape index (κ2) is 10.8. The number of anilines is 1. The van der Waals surface area contributed by atoms with Crippen LogP contribution in [-0.4, -0.2) is 32.0 Å². The van der Waals surface area contributed by atoms with Gasteiger partial charge in [0.05, 0.1) is 17.8 Å². The first kappa shape index (κ1) is 25.7. The highest BCUT2D eigenvalue weighted by Crippen LogP contribution is 2.41. The van der Waals surface area contributed by atoms with Gasteiger partial charge in [-0.05, 0) is 93.5 Å². The highest BCUT2D eigenvalue weighted by atomic mass is 32.1. The van der Waals surface area contributed by atoms with E-state index in [1.54, 1.807) is 0 Å². The van der Waals surface area contributed by atoms with E-state index in [1.807, 2.05) is 55.6 Å². The normalized spacial score (nSPS) is 16.9. The van der Waals surface area contributed by atoms with Crippen LogP contribution in [0.1, 0.15) is 52.3 Å². The topological polar surface area (TPSA) is 62.2 Å². The lowest BCUT2D eigenvalue weighted by Gasteiger charge is -2.28. The van der Waals surface area contributed by atoms with Crippen molar-refractivity contribution in [1.82, 2.24) is 19.8 Å². The maximum absolute atomic E-state index is 12.9. The number of nitrogens with one attached hydrogen (secondary N) is 2. The van der Waals surface area contributed by atoms with E-state index in [-0.39, 0.29) is 18.0 Å². The van der Waals surface area contributed by atoms with Gasteiger partial charge in [-0.3, -0.25) is 9.78 Å². The molecule has 1 aliphatic heterocycles. The summed E-state index contributed by atoms with van der Waals surface area (Å²) in [5, 5.41) is 7.15. The third-order valence-electron chi connectivity index (χ3n) is 7.16. The van der Waals surface area contributed by atoms with Crippen molar-refractivity contribution in [3.05, 3.63) is 113 Å². The van der Waals surface area contributed by atoms with Crippen molar-refractivity contribution in [2.45, 2.75) is 46.2 Å². The van der Waals surface area contributed by atoms with Gasteiger partial charge in [0.25, 0.3) is 0 Å². The molecule has 0 spiro atoms. The number of aromatic nitrogens is 2. The molecule has 2 atom stereocenters. The molecule has 1 amide bonds. The molecule has 2 aromatic carbocycles. The summed E-state index contributed by atoms with van der Waals surface area (Å²) in [4.78, 5) is 19.7. The van der Waals surface area contributed by atoms with Crippen LogP contribution < -0.4 is 10.6 Å². The molecule has 0 aliphatic carbocycles. The summed E-state index contributed by atoms with van der Waals surface area (Å²) in [5.41, 5.74) is 8.71. The summed E-state index contributed by atoms with van der Waals surface area (Å²) < 4.78 is 2.29. The number of hydrogen-bond donors (Lipinski definition) is 2. The summed E-state index contributed by atoms with van der Waals surface area (Å²) >= 11 is 5.83. The maximum atomic E-state index is 12.9. The molecule has 4 aromatic rings. The van der Waals surface area contributed by atoms with Gasteiger partial charge in [0, 0.05) is 41.9 Å². The standard InChI is InChI=1S/C31H33N5OS/c1-20-11-13-24(14-12-20)33-28(37)15-17-35-30(29(34-31(35)38)27-10-5-6-16-32-27)26-19-22(3)36(23(26)4)25-9-7-8-21(2)18-25/h5-14,16,18-19,29-30H,15,17H2,1-4H3,(H,33,37)(H,34,38)/t29-,30-/m1/s1. The first-order valence-corrected chi connectivity index (χ1v) is 13.3. The van der Waals surface area contributed by atoms with Crippen molar-refractivity contribution < 1.29 is 4.79 Å². The number of nitrogens with zero attached hydrogens (tertiary/aromatic N) is 3. The van der Waals surface area contributed by atoms with E-state index in [0.29, 0.717) is 18.1 Å². The van der Waals surface area contributed by atoms with E-state index < -0.39 is 0 Å². The minimum Gasteiger partial charge on any atom is -0.352 e. The van der Waals surface area contributed by atoms with Gasteiger partial charge in [0.1, 0.15) is 0 Å². The van der Waals surface area contributed by atoms with E-state index in [0.717, 1.165) is 34.0 Å². The SMILES string of the molecule is Cc1ccc(NC(=O)CCN2C(=S)N[C@H](c3ccccn3)[C@H]2c2cc(C)n(-c3cccc(C)c3)c2C)cc1. The smallest absolute Gasteiger partial charge is 0.226 e. The lowest BCUT2D eigenvalue weighted by Crippen LogP contribution is -2.32. The van der Waals surface area contributed by atoms with E-state index in [1.165, 1.54) is 11.1 Å². The second-order valence-corrected chi connectivity index (χ2v) is 10.4. The van der Waals surface area contributed by atoms with Gasteiger partial charge in [-0.1, -0.05) is 35.9 Å². The average Bonchev–Trinajstić information content (AvgIpc) is 3.39. The van der Waals surface area contributed by atoms with Gasteiger partial charge < -0.3 is 20.1 Å². The third kappa shape index (κ3) is 5.20. The quantitative estimate of drug-likeness (QED) is 0.286. The second-order valence-electron chi connectivity index (χ2n) is 9.99. The number of pyridine rings is 1. The number of benzene rings is 2. The van der Waals surface area contributed by atoms with Crippen LogP contribution in [0.15, 0.2) is 79.0 Å². The average molecular weight is 524 g/mol. The number of thiocarbonyl (C=S) groups is 1. The monoisotopic (exact) mass is 523 g/mol. The molecule has 3 heterocycles. The Morgan fingerprint density at radius 2 is 1.76 bits per heavy atom. The summed E-state index contributed by atoms with van der Waals surface area (Å²) in [6.07, 6.45) is 2.13. The molecule has 0 bridgehead atoms. The highest BCUT2D eigenvalue weighted by Gasteiger charge is 2.41. The molecule has 1 saturated heterocycles. The Hall–Kier alpha value is -3.97. The van der Waals surface area contributed by atoms with Crippen LogP contribution in [-0.2, 0) is 4.79 Å². The molecule has 6 nitrogen and oxygen atoms in total. The molecule has 0 saturated carbocycles. The molecule has 5 rings (SSSR count). The molecule has 2 aromatic heterocycles. The number of hydrogen-bond acceptors (Lipinski definition) is 3. The summed E-state index contributed by atoms with van der Waals surface area (Å²) in [5.74, 6) is -0.0399. The van der Waals surface area contributed by atoms with E-state index in [4.69, 9.17) is 12.2 Å². The lowest BCUT2D eigenvalue weighted by atomic mass is 9.96. The van der Waals surface area contributed by atoms with E-state index in [2.05, 4.69) is 76.2 Å². The molecule has 0 unspecified atom stereocenters. The fourth-order valence-corrected chi connectivity index (χ4v) is 5.65. The molecule has 1 fully saturated rings. The van der Waals surface area contributed by atoms with Gasteiger partial charge >= 0.3 is 0 Å². The van der Waals surface area contributed by atoms with Gasteiger partial charge in [-0.2, -0.15) is 0 Å². The minimum absolute atomic E-state index is 0.0399. The molecule has 38 heavy (non-hydrogen) atoms. The molecule has 0 radical (unpaired) electrons. The molecule has 1 aliphatic rings. The summed E-state index contributed by atoms with van der Waals surface area (Å²) in [6.45, 7) is 8.92. The zero-order chi connectivity index (χ0) is 26.8. The number of amides is 1. The molecular formula is C31H33N5OS. The number of carbonyl (C=O) groups excluding carboxylic acids is 1. The molecule has 194 valence electrons. The minimum atomic E-state index is -0.129. The van der Waals surface area contributed by atoms with Crippen LogP contribution in [0.2, 0.25) is 0 Å². The lowest BCUT2D eigenvalue weighted by molar-refractivity contribution is -0.116. The van der Waals surface area contributed by atoms with Crippen LogP contribution in [0.3, 0.4) is 0 Å². The Kier molecular flexibility index (Phi) is 7.29.